The molecule has 10 heteroatoms. The SMILES string of the molecule is CC[C@H](C(=O)N[C@@H](C)CC)N(Cc1ccccc1)C(=O)CN(c1ccc(Cl)cc1)S(=O)(=O)c1ccc(OC)cc1. The molecule has 0 heterocycles. The molecule has 0 aliphatic heterocycles. The lowest BCUT2D eigenvalue weighted by Gasteiger charge is -2.33. The van der Waals surface area contributed by atoms with E-state index in [1.54, 1.807) is 36.4 Å². The highest BCUT2D eigenvalue weighted by atomic mass is 35.5. The number of rotatable bonds is 13. The van der Waals surface area contributed by atoms with Crippen molar-refractivity contribution in [3.63, 3.8) is 0 Å². The minimum absolute atomic E-state index is 0.00721. The van der Waals surface area contributed by atoms with Crippen LogP contribution in [0.1, 0.15) is 39.2 Å². The van der Waals surface area contributed by atoms with Crippen LogP contribution in [0.15, 0.2) is 83.8 Å². The van der Waals surface area contributed by atoms with Gasteiger partial charge in [0, 0.05) is 17.6 Å². The van der Waals surface area contributed by atoms with Crippen LogP contribution >= 0.6 is 11.6 Å². The standard InChI is InChI=1S/C30H36ClN3O5S/c1-5-22(3)32-30(36)28(6-2)33(20-23-10-8-7-9-11-23)29(35)21-34(25-14-12-24(31)13-15-25)40(37,38)27-18-16-26(39-4)17-19-27/h7-19,22,28H,5-6,20-21H2,1-4H3,(H,32,36)/t22-,28+/m0/s1. The molecular weight excluding hydrogens is 550 g/mol. The number of amides is 2. The summed E-state index contributed by atoms with van der Waals surface area (Å²) in [5.41, 5.74) is 1.09. The average molecular weight is 586 g/mol. The molecule has 214 valence electrons. The number of ether oxygens (including phenoxy) is 1. The number of methoxy groups -OCH3 is 1. The Morgan fingerprint density at radius 1 is 0.925 bits per heavy atom. The molecule has 40 heavy (non-hydrogen) atoms. The van der Waals surface area contributed by atoms with Crippen molar-refractivity contribution in [2.24, 2.45) is 0 Å². The van der Waals surface area contributed by atoms with Gasteiger partial charge in [0.25, 0.3) is 10.0 Å². The average Bonchev–Trinajstić information content (AvgIpc) is 2.96. The monoisotopic (exact) mass is 585 g/mol. The van der Waals surface area contributed by atoms with Crippen LogP contribution in [0.5, 0.6) is 5.75 Å². The maximum absolute atomic E-state index is 14.0. The van der Waals surface area contributed by atoms with Crippen LogP contribution in [0.25, 0.3) is 0 Å². The van der Waals surface area contributed by atoms with Crippen LogP contribution in [0.3, 0.4) is 0 Å². The Labute approximate surface area is 241 Å². The van der Waals surface area contributed by atoms with E-state index in [0.717, 1.165) is 16.3 Å². The molecule has 1 N–H and O–H groups in total. The number of hydrogen-bond donors (Lipinski definition) is 1. The van der Waals surface area contributed by atoms with E-state index in [4.69, 9.17) is 16.3 Å². The minimum atomic E-state index is -4.18. The summed E-state index contributed by atoms with van der Waals surface area (Å²) in [6.07, 6.45) is 1.09. The Hall–Kier alpha value is -3.56. The first kappa shape index (κ1) is 31.0. The first-order valence-electron chi connectivity index (χ1n) is 13.2. The number of anilines is 1. The number of carbonyl (C=O) groups excluding carboxylic acids is 2. The number of carbonyl (C=O) groups is 2. The topological polar surface area (TPSA) is 96.0 Å². The predicted molar refractivity (Wildman–Crippen MR) is 158 cm³/mol. The highest BCUT2D eigenvalue weighted by Gasteiger charge is 2.34. The third kappa shape index (κ3) is 7.76. The number of nitrogens with one attached hydrogen (secondary N) is 1. The second kappa shape index (κ2) is 14.2. The Bertz CT molecular complexity index is 1370. The first-order chi connectivity index (χ1) is 19.1. The van der Waals surface area contributed by atoms with E-state index in [1.165, 1.54) is 24.1 Å². The van der Waals surface area contributed by atoms with Gasteiger partial charge in [0.05, 0.1) is 17.7 Å². The smallest absolute Gasteiger partial charge is 0.264 e. The third-order valence-corrected chi connectivity index (χ3v) is 8.66. The van der Waals surface area contributed by atoms with Crippen molar-refractivity contribution >= 4 is 39.1 Å². The van der Waals surface area contributed by atoms with Crippen LogP contribution in [-0.4, -0.2) is 50.9 Å². The second-order valence-corrected chi connectivity index (χ2v) is 11.7. The molecule has 3 aromatic carbocycles. The van der Waals surface area contributed by atoms with Crippen molar-refractivity contribution < 1.29 is 22.7 Å². The van der Waals surface area contributed by atoms with Gasteiger partial charge in [-0.15, -0.1) is 0 Å². The molecule has 0 bridgehead atoms. The number of halogens is 1. The summed E-state index contributed by atoms with van der Waals surface area (Å²) >= 11 is 6.07. The van der Waals surface area contributed by atoms with Crippen molar-refractivity contribution in [3.8, 4) is 5.75 Å². The fourth-order valence-corrected chi connectivity index (χ4v) is 5.69. The van der Waals surface area contributed by atoms with Gasteiger partial charge in [-0.2, -0.15) is 0 Å². The largest absolute Gasteiger partial charge is 0.497 e. The zero-order chi connectivity index (χ0) is 29.3. The fourth-order valence-electron chi connectivity index (χ4n) is 4.15. The minimum Gasteiger partial charge on any atom is -0.497 e. The molecule has 0 aliphatic rings. The fraction of sp³-hybridized carbons (Fsp3) is 0.333. The molecule has 0 radical (unpaired) electrons. The number of benzene rings is 3. The molecule has 0 aromatic heterocycles. The zero-order valence-electron chi connectivity index (χ0n) is 23.2. The molecule has 2 amide bonds. The quantitative estimate of drug-likeness (QED) is 0.295. The highest BCUT2D eigenvalue weighted by molar-refractivity contribution is 7.92. The van der Waals surface area contributed by atoms with E-state index >= 15 is 0 Å². The molecule has 3 rings (SSSR count). The van der Waals surface area contributed by atoms with Gasteiger partial charge in [-0.3, -0.25) is 13.9 Å². The summed E-state index contributed by atoms with van der Waals surface area (Å²) in [6, 6.07) is 20.6. The van der Waals surface area contributed by atoms with Crippen LogP contribution < -0.4 is 14.4 Å². The van der Waals surface area contributed by atoms with E-state index in [-0.39, 0.29) is 29.1 Å². The Morgan fingerprint density at radius 2 is 1.55 bits per heavy atom. The summed E-state index contributed by atoms with van der Waals surface area (Å²) in [7, 11) is -2.69. The molecule has 0 spiro atoms. The Morgan fingerprint density at radius 3 is 2.10 bits per heavy atom. The van der Waals surface area contributed by atoms with E-state index < -0.39 is 28.5 Å². The molecule has 3 aromatic rings. The van der Waals surface area contributed by atoms with E-state index in [1.807, 2.05) is 51.1 Å². The summed E-state index contributed by atoms with van der Waals surface area (Å²) in [4.78, 5) is 28.8. The number of hydrogen-bond acceptors (Lipinski definition) is 5. The van der Waals surface area contributed by atoms with Crippen molar-refractivity contribution in [2.75, 3.05) is 18.0 Å². The Kier molecular flexibility index (Phi) is 11.0. The van der Waals surface area contributed by atoms with Gasteiger partial charge in [-0.25, -0.2) is 8.42 Å². The van der Waals surface area contributed by atoms with Crippen LogP contribution in [0.2, 0.25) is 5.02 Å². The van der Waals surface area contributed by atoms with Gasteiger partial charge in [0.2, 0.25) is 11.8 Å². The lowest BCUT2D eigenvalue weighted by molar-refractivity contribution is -0.140. The molecule has 0 fully saturated rings. The van der Waals surface area contributed by atoms with Crippen molar-refractivity contribution in [1.29, 1.82) is 0 Å². The lowest BCUT2D eigenvalue weighted by Crippen LogP contribution is -2.53. The molecular formula is C30H36ClN3O5S. The van der Waals surface area contributed by atoms with Gasteiger partial charge < -0.3 is 15.0 Å². The maximum Gasteiger partial charge on any atom is 0.264 e. The van der Waals surface area contributed by atoms with Crippen LogP contribution in [0.4, 0.5) is 5.69 Å². The van der Waals surface area contributed by atoms with Crippen LogP contribution in [-0.2, 0) is 26.2 Å². The van der Waals surface area contributed by atoms with E-state index in [2.05, 4.69) is 5.32 Å². The third-order valence-electron chi connectivity index (χ3n) is 6.62. The molecule has 0 saturated carbocycles. The lowest BCUT2D eigenvalue weighted by atomic mass is 10.1. The summed E-state index contributed by atoms with van der Waals surface area (Å²) in [6.45, 7) is 5.32. The van der Waals surface area contributed by atoms with Gasteiger partial charge in [0.1, 0.15) is 18.3 Å². The zero-order valence-corrected chi connectivity index (χ0v) is 24.8. The number of sulfonamides is 1. The predicted octanol–water partition coefficient (Wildman–Crippen LogP) is 5.27. The first-order valence-corrected chi connectivity index (χ1v) is 15.0. The molecule has 2 atom stereocenters. The van der Waals surface area contributed by atoms with Crippen LogP contribution in [0, 0.1) is 0 Å². The van der Waals surface area contributed by atoms with Gasteiger partial charge in [-0.05, 0) is 73.9 Å². The summed E-state index contributed by atoms with van der Waals surface area (Å²) in [5.74, 6) is -0.292. The number of nitrogens with zero attached hydrogens (tertiary/aromatic N) is 2. The normalized spacial score (nSPS) is 12.7. The van der Waals surface area contributed by atoms with Crippen molar-refractivity contribution in [2.45, 2.75) is 57.1 Å². The summed E-state index contributed by atoms with van der Waals surface area (Å²) in [5, 5.41) is 3.39. The second-order valence-electron chi connectivity index (χ2n) is 9.41. The maximum atomic E-state index is 14.0. The van der Waals surface area contributed by atoms with E-state index in [9.17, 15) is 18.0 Å². The molecule has 0 saturated heterocycles. The summed E-state index contributed by atoms with van der Waals surface area (Å²) < 4.78 is 34.0. The van der Waals surface area contributed by atoms with Gasteiger partial charge in [0.15, 0.2) is 0 Å². The molecule has 0 unspecified atom stereocenters. The van der Waals surface area contributed by atoms with Gasteiger partial charge in [-0.1, -0.05) is 55.8 Å². The Balaban J connectivity index is 2.04. The van der Waals surface area contributed by atoms with Crippen molar-refractivity contribution in [3.05, 3.63) is 89.4 Å². The van der Waals surface area contributed by atoms with Gasteiger partial charge >= 0.3 is 0 Å². The van der Waals surface area contributed by atoms with Crippen molar-refractivity contribution in [1.82, 2.24) is 10.2 Å². The van der Waals surface area contributed by atoms with E-state index in [0.29, 0.717) is 17.2 Å². The molecule has 0 aliphatic carbocycles. The molecule has 8 nitrogen and oxygen atoms in total. The highest BCUT2D eigenvalue weighted by Crippen LogP contribution is 2.27.